The average Bonchev–Trinajstić information content (AvgIpc) is 2.29. The van der Waals surface area contributed by atoms with Crippen molar-refractivity contribution in [1.82, 2.24) is 5.43 Å². The van der Waals surface area contributed by atoms with Crippen LogP contribution < -0.4 is 16.7 Å². The number of hydrazine groups is 1. The highest BCUT2D eigenvalue weighted by Gasteiger charge is 2.07. The minimum Gasteiger partial charge on any atom is -0.288 e. The van der Waals surface area contributed by atoms with Crippen molar-refractivity contribution in [3.8, 4) is 6.07 Å². The third-order valence-corrected chi connectivity index (χ3v) is 1.77. The summed E-state index contributed by atoms with van der Waals surface area (Å²) in [5.74, 6) is 4.15. The minimum atomic E-state index is -0.734. The second-order valence-corrected chi connectivity index (χ2v) is 3.03. The summed E-state index contributed by atoms with van der Waals surface area (Å²) in [6.45, 7) is 1.92. The fourth-order valence-corrected chi connectivity index (χ4v) is 1.03. The van der Waals surface area contributed by atoms with Crippen molar-refractivity contribution in [3.63, 3.8) is 0 Å². The van der Waals surface area contributed by atoms with Gasteiger partial charge in [-0.05, 0) is 24.6 Å². The predicted molar refractivity (Wildman–Crippen MR) is 60.2 cm³/mol. The molecule has 6 heteroatoms. The average molecular weight is 217 g/mol. The van der Waals surface area contributed by atoms with Crippen LogP contribution in [0.4, 0.5) is 5.69 Å². The van der Waals surface area contributed by atoms with Gasteiger partial charge in [0, 0.05) is 0 Å². The van der Waals surface area contributed by atoms with E-state index in [1.54, 1.807) is 12.1 Å². The summed E-state index contributed by atoms with van der Waals surface area (Å²) in [5, 5.41) is 12.3. The number of hydrogen-bond donors (Lipinski definition) is 3. The van der Waals surface area contributed by atoms with Crippen LogP contribution in [0.15, 0.2) is 29.4 Å². The molecule has 82 valence electrons. The molecule has 1 amide bonds. The number of hydrogen-bond acceptors (Lipinski definition) is 5. The highest BCUT2D eigenvalue weighted by molar-refractivity contribution is 6.45. The fourth-order valence-electron chi connectivity index (χ4n) is 1.03. The van der Waals surface area contributed by atoms with Crippen molar-refractivity contribution in [2.24, 2.45) is 10.9 Å². The Hall–Kier alpha value is -2.39. The number of anilines is 1. The lowest BCUT2D eigenvalue weighted by Gasteiger charge is -2.01. The molecule has 0 spiro atoms. The van der Waals surface area contributed by atoms with Gasteiger partial charge in [-0.15, -0.1) is 0 Å². The fraction of sp³-hybridized carbons (Fsp3) is 0.100. The van der Waals surface area contributed by atoms with Gasteiger partial charge in [0.1, 0.15) is 6.07 Å². The first-order valence-corrected chi connectivity index (χ1v) is 4.48. The predicted octanol–water partition coefficient (Wildman–Crippen LogP) is 0.276. The maximum absolute atomic E-state index is 11.0. The Bertz CT molecular complexity index is 461. The molecule has 0 fully saturated rings. The molecule has 0 unspecified atom stereocenters. The van der Waals surface area contributed by atoms with Crippen molar-refractivity contribution < 1.29 is 4.79 Å². The van der Waals surface area contributed by atoms with Crippen molar-refractivity contribution in [3.05, 3.63) is 29.8 Å². The standard InChI is InChI=1S/C10H11N5O/c1-7-3-2-4-8(5-7)14-15-9(6-11)10(16)13-12/h2-5,14H,12H2,1H3,(H,13,16)/b15-9+. The van der Waals surface area contributed by atoms with Crippen LogP contribution in [-0.4, -0.2) is 11.6 Å². The van der Waals surface area contributed by atoms with Gasteiger partial charge in [-0.3, -0.25) is 15.6 Å². The van der Waals surface area contributed by atoms with Crippen LogP contribution in [0.3, 0.4) is 0 Å². The normalized spacial score (nSPS) is 10.4. The quantitative estimate of drug-likeness (QED) is 0.293. The minimum absolute atomic E-state index is 0.330. The summed E-state index contributed by atoms with van der Waals surface area (Å²) in [5.41, 5.74) is 5.84. The van der Waals surface area contributed by atoms with Gasteiger partial charge in [-0.1, -0.05) is 12.1 Å². The Morgan fingerprint density at radius 1 is 1.56 bits per heavy atom. The number of hydrazone groups is 1. The zero-order valence-electron chi connectivity index (χ0n) is 8.69. The first-order valence-electron chi connectivity index (χ1n) is 4.48. The molecule has 0 bridgehead atoms. The third kappa shape index (κ3) is 3.08. The van der Waals surface area contributed by atoms with Crippen molar-refractivity contribution in [1.29, 1.82) is 5.26 Å². The summed E-state index contributed by atoms with van der Waals surface area (Å²) in [6, 6.07) is 8.99. The van der Waals surface area contributed by atoms with E-state index in [-0.39, 0.29) is 5.71 Å². The van der Waals surface area contributed by atoms with Gasteiger partial charge in [0.25, 0.3) is 5.91 Å². The molecule has 0 saturated carbocycles. The number of rotatable bonds is 3. The van der Waals surface area contributed by atoms with Crippen LogP contribution in [0.1, 0.15) is 5.56 Å². The van der Waals surface area contributed by atoms with Gasteiger partial charge in [0.05, 0.1) is 5.69 Å². The molecular formula is C10H11N5O. The molecule has 0 atom stereocenters. The van der Waals surface area contributed by atoms with Gasteiger partial charge >= 0.3 is 0 Å². The molecule has 0 aliphatic heterocycles. The molecule has 0 radical (unpaired) electrons. The number of carbonyl (C=O) groups excluding carboxylic acids is 1. The summed E-state index contributed by atoms with van der Waals surface area (Å²) in [7, 11) is 0. The van der Waals surface area contributed by atoms with Crippen molar-refractivity contribution in [2.45, 2.75) is 6.92 Å². The molecule has 0 saturated heterocycles. The number of carbonyl (C=O) groups is 1. The molecule has 0 aliphatic carbocycles. The Kier molecular flexibility index (Phi) is 4.00. The monoisotopic (exact) mass is 217 g/mol. The van der Waals surface area contributed by atoms with Gasteiger partial charge < -0.3 is 0 Å². The van der Waals surface area contributed by atoms with E-state index in [2.05, 4.69) is 10.5 Å². The van der Waals surface area contributed by atoms with Crippen LogP contribution in [0.5, 0.6) is 0 Å². The molecule has 1 aromatic rings. The van der Waals surface area contributed by atoms with Crippen LogP contribution in [0.25, 0.3) is 0 Å². The number of aryl methyl sites for hydroxylation is 1. The Morgan fingerprint density at radius 2 is 2.31 bits per heavy atom. The Morgan fingerprint density at radius 3 is 2.88 bits per heavy atom. The summed E-state index contributed by atoms with van der Waals surface area (Å²) >= 11 is 0. The van der Waals surface area contributed by atoms with Gasteiger partial charge in [-0.2, -0.15) is 10.4 Å². The van der Waals surface area contributed by atoms with E-state index in [0.717, 1.165) is 5.56 Å². The Balaban J connectivity index is 2.79. The number of nitrogens with two attached hydrogens (primary N) is 1. The summed E-state index contributed by atoms with van der Waals surface area (Å²) in [6.07, 6.45) is 0. The van der Waals surface area contributed by atoms with E-state index < -0.39 is 5.91 Å². The van der Waals surface area contributed by atoms with E-state index in [0.29, 0.717) is 5.69 Å². The smallest absolute Gasteiger partial charge is 0.288 e. The van der Waals surface area contributed by atoms with E-state index >= 15 is 0 Å². The van der Waals surface area contributed by atoms with E-state index in [4.69, 9.17) is 11.1 Å². The first-order chi connectivity index (χ1) is 7.67. The van der Waals surface area contributed by atoms with Crippen LogP contribution in [0, 0.1) is 18.3 Å². The molecular weight excluding hydrogens is 206 g/mol. The van der Waals surface area contributed by atoms with Crippen molar-refractivity contribution in [2.75, 3.05) is 5.43 Å². The third-order valence-electron chi connectivity index (χ3n) is 1.77. The maximum Gasteiger partial charge on any atom is 0.296 e. The second kappa shape index (κ2) is 5.48. The van der Waals surface area contributed by atoms with E-state index in [1.807, 2.05) is 30.5 Å². The molecule has 0 aromatic heterocycles. The number of amides is 1. The maximum atomic E-state index is 11.0. The summed E-state index contributed by atoms with van der Waals surface area (Å²) in [4.78, 5) is 11.0. The molecule has 4 N–H and O–H groups in total. The lowest BCUT2D eigenvalue weighted by Crippen LogP contribution is -2.36. The van der Waals surface area contributed by atoms with Crippen LogP contribution >= 0.6 is 0 Å². The number of nitriles is 1. The molecule has 0 heterocycles. The number of nitrogens with zero attached hydrogens (tertiary/aromatic N) is 2. The summed E-state index contributed by atoms with van der Waals surface area (Å²) < 4.78 is 0. The SMILES string of the molecule is Cc1cccc(N/N=C(\C#N)C(=O)NN)c1. The van der Waals surface area contributed by atoms with Gasteiger partial charge in [0.2, 0.25) is 5.71 Å². The van der Waals surface area contributed by atoms with Gasteiger partial charge in [0.15, 0.2) is 0 Å². The largest absolute Gasteiger partial charge is 0.296 e. The lowest BCUT2D eigenvalue weighted by atomic mass is 10.2. The Labute approximate surface area is 92.7 Å². The second-order valence-electron chi connectivity index (χ2n) is 3.03. The number of nitrogens with one attached hydrogen (secondary N) is 2. The highest BCUT2D eigenvalue weighted by Crippen LogP contribution is 2.09. The lowest BCUT2D eigenvalue weighted by molar-refractivity contribution is -0.114. The molecule has 0 aliphatic rings. The molecule has 6 nitrogen and oxygen atoms in total. The molecule has 16 heavy (non-hydrogen) atoms. The first kappa shape index (κ1) is 11.7. The van der Waals surface area contributed by atoms with Crippen LogP contribution in [-0.2, 0) is 4.79 Å². The van der Waals surface area contributed by atoms with E-state index in [9.17, 15) is 4.79 Å². The topological polar surface area (TPSA) is 103 Å². The highest BCUT2D eigenvalue weighted by atomic mass is 16.2. The molecule has 1 rings (SSSR count). The van der Waals surface area contributed by atoms with E-state index in [1.165, 1.54) is 0 Å². The van der Waals surface area contributed by atoms with Crippen LogP contribution in [0.2, 0.25) is 0 Å². The van der Waals surface area contributed by atoms with Crippen molar-refractivity contribution >= 4 is 17.3 Å². The zero-order valence-corrected chi connectivity index (χ0v) is 8.69. The molecule has 1 aromatic carbocycles. The zero-order chi connectivity index (χ0) is 12.0. The number of benzene rings is 1. The van der Waals surface area contributed by atoms with Gasteiger partial charge in [-0.25, -0.2) is 5.84 Å².